The summed E-state index contributed by atoms with van der Waals surface area (Å²) >= 11 is 12.4. The molecule has 0 radical (unpaired) electrons. The Hall–Kier alpha value is -2.30. The molecule has 0 saturated heterocycles. The summed E-state index contributed by atoms with van der Waals surface area (Å²) in [6.07, 6.45) is 0. The molecular formula is C19H18Cl2N4. The number of aromatic nitrogens is 2. The Balaban J connectivity index is 1.83. The lowest BCUT2D eigenvalue weighted by molar-refractivity contribution is 0.871. The van der Waals surface area contributed by atoms with Gasteiger partial charge >= 0.3 is 0 Å². The zero-order valence-electron chi connectivity index (χ0n) is 13.9. The number of para-hydroxylation sites is 1. The first-order valence-electron chi connectivity index (χ1n) is 7.91. The number of halogens is 2. The van der Waals surface area contributed by atoms with Crippen LogP contribution in [0.4, 0.5) is 17.5 Å². The second-order valence-corrected chi connectivity index (χ2v) is 6.53. The summed E-state index contributed by atoms with van der Waals surface area (Å²) in [6, 6.07) is 17.5. The third kappa shape index (κ3) is 4.41. The first-order chi connectivity index (χ1) is 12.0. The molecule has 1 heterocycles. The molecule has 0 saturated carbocycles. The summed E-state index contributed by atoms with van der Waals surface area (Å²) in [6.45, 7) is 4.00. The van der Waals surface area contributed by atoms with Crippen LogP contribution in [0.25, 0.3) is 0 Å². The van der Waals surface area contributed by atoms with E-state index in [1.165, 1.54) is 5.56 Å². The normalized spacial score (nSPS) is 11.8. The highest BCUT2D eigenvalue weighted by Crippen LogP contribution is 2.32. The Bertz CT molecular complexity index is 848. The van der Waals surface area contributed by atoms with Crippen LogP contribution in [0.15, 0.2) is 54.6 Å². The lowest BCUT2D eigenvalue weighted by Crippen LogP contribution is -2.10. The number of hydrogen-bond donors (Lipinski definition) is 2. The SMILES string of the molecule is Cc1cc(NC(C)c2ccccc2)nc(Nc2c(Cl)cccc2Cl)n1. The van der Waals surface area contributed by atoms with E-state index in [0.717, 1.165) is 11.5 Å². The van der Waals surface area contributed by atoms with Gasteiger partial charge in [-0.15, -0.1) is 0 Å². The molecule has 3 rings (SSSR count). The molecule has 1 aromatic heterocycles. The van der Waals surface area contributed by atoms with Gasteiger partial charge < -0.3 is 10.6 Å². The maximum atomic E-state index is 6.21. The molecule has 2 N–H and O–H groups in total. The maximum Gasteiger partial charge on any atom is 0.229 e. The molecule has 2 aromatic carbocycles. The van der Waals surface area contributed by atoms with Gasteiger partial charge in [-0.2, -0.15) is 4.98 Å². The molecule has 0 amide bonds. The molecule has 0 spiro atoms. The fourth-order valence-electron chi connectivity index (χ4n) is 2.47. The summed E-state index contributed by atoms with van der Waals surface area (Å²) in [4.78, 5) is 8.94. The number of aryl methyl sites for hydroxylation is 1. The second kappa shape index (κ2) is 7.72. The van der Waals surface area contributed by atoms with Gasteiger partial charge in [-0.25, -0.2) is 4.98 Å². The van der Waals surface area contributed by atoms with Crippen LogP contribution in [-0.4, -0.2) is 9.97 Å². The number of nitrogens with zero attached hydrogens (tertiary/aromatic N) is 2. The first-order valence-corrected chi connectivity index (χ1v) is 8.67. The summed E-state index contributed by atoms with van der Waals surface area (Å²) in [5, 5.41) is 7.54. The van der Waals surface area contributed by atoms with Crippen LogP contribution in [0.1, 0.15) is 24.2 Å². The van der Waals surface area contributed by atoms with Gasteiger partial charge in [0.15, 0.2) is 0 Å². The van der Waals surface area contributed by atoms with E-state index in [4.69, 9.17) is 23.2 Å². The predicted molar refractivity (Wildman–Crippen MR) is 105 cm³/mol. The van der Waals surface area contributed by atoms with Crippen LogP contribution >= 0.6 is 23.2 Å². The van der Waals surface area contributed by atoms with Gasteiger partial charge in [-0.1, -0.05) is 59.6 Å². The van der Waals surface area contributed by atoms with Crippen molar-refractivity contribution in [2.45, 2.75) is 19.9 Å². The lowest BCUT2D eigenvalue weighted by atomic mass is 10.1. The van der Waals surface area contributed by atoms with Crippen LogP contribution in [-0.2, 0) is 0 Å². The number of rotatable bonds is 5. The fraction of sp³-hybridized carbons (Fsp3) is 0.158. The van der Waals surface area contributed by atoms with Gasteiger partial charge in [-0.05, 0) is 31.5 Å². The van der Waals surface area contributed by atoms with E-state index in [-0.39, 0.29) is 6.04 Å². The molecule has 0 fully saturated rings. The van der Waals surface area contributed by atoms with Crippen molar-refractivity contribution < 1.29 is 0 Å². The molecule has 3 aromatic rings. The fourth-order valence-corrected chi connectivity index (χ4v) is 2.97. The highest BCUT2D eigenvalue weighted by molar-refractivity contribution is 6.39. The molecule has 128 valence electrons. The summed E-state index contributed by atoms with van der Waals surface area (Å²) in [5.41, 5.74) is 2.62. The monoisotopic (exact) mass is 372 g/mol. The van der Waals surface area contributed by atoms with Crippen LogP contribution in [0.2, 0.25) is 10.0 Å². The maximum absolute atomic E-state index is 6.21. The zero-order chi connectivity index (χ0) is 17.8. The summed E-state index contributed by atoms with van der Waals surface area (Å²) in [5.74, 6) is 1.17. The van der Waals surface area contributed by atoms with E-state index in [1.807, 2.05) is 31.2 Å². The Kier molecular flexibility index (Phi) is 5.41. The topological polar surface area (TPSA) is 49.8 Å². The molecule has 4 nitrogen and oxygen atoms in total. The van der Waals surface area contributed by atoms with Crippen molar-refractivity contribution in [1.82, 2.24) is 9.97 Å². The summed E-state index contributed by atoms with van der Waals surface area (Å²) in [7, 11) is 0. The van der Waals surface area contributed by atoms with Crippen molar-refractivity contribution in [2.24, 2.45) is 0 Å². The average Bonchev–Trinajstić information content (AvgIpc) is 2.58. The van der Waals surface area contributed by atoms with E-state index in [0.29, 0.717) is 21.7 Å². The van der Waals surface area contributed by atoms with Crippen molar-refractivity contribution in [1.29, 1.82) is 0 Å². The molecule has 0 bridgehead atoms. The van der Waals surface area contributed by atoms with E-state index in [9.17, 15) is 0 Å². The van der Waals surface area contributed by atoms with Crippen LogP contribution in [0, 0.1) is 6.92 Å². The van der Waals surface area contributed by atoms with Gasteiger partial charge in [-0.3, -0.25) is 0 Å². The van der Waals surface area contributed by atoms with Crippen molar-refractivity contribution in [2.75, 3.05) is 10.6 Å². The molecule has 25 heavy (non-hydrogen) atoms. The third-order valence-electron chi connectivity index (χ3n) is 3.72. The number of benzene rings is 2. The quantitative estimate of drug-likeness (QED) is 0.575. The predicted octanol–water partition coefficient (Wildman–Crippen LogP) is 6.01. The van der Waals surface area contributed by atoms with Crippen molar-refractivity contribution in [3.05, 3.63) is 75.9 Å². The summed E-state index contributed by atoms with van der Waals surface area (Å²) < 4.78 is 0. The Morgan fingerprint density at radius 1 is 0.920 bits per heavy atom. The smallest absolute Gasteiger partial charge is 0.229 e. The van der Waals surface area contributed by atoms with Crippen LogP contribution < -0.4 is 10.6 Å². The van der Waals surface area contributed by atoms with Gasteiger partial charge in [0.25, 0.3) is 0 Å². The average molecular weight is 373 g/mol. The lowest BCUT2D eigenvalue weighted by Gasteiger charge is -2.16. The van der Waals surface area contributed by atoms with Crippen molar-refractivity contribution >= 4 is 40.7 Å². The number of hydrogen-bond acceptors (Lipinski definition) is 4. The van der Waals surface area contributed by atoms with Crippen molar-refractivity contribution in [3.63, 3.8) is 0 Å². The van der Waals surface area contributed by atoms with Gasteiger partial charge in [0.05, 0.1) is 15.7 Å². The van der Waals surface area contributed by atoms with Gasteiger partial charge in [0.1, 0.15) is 5.82 Å². The van der Waals surface area contributed by atoms with E-state index in [1.54, 1.807) is 18.2 Å². The van der Waals surface area contributed by atoms with Gasteiger partial charge in [0.2, 0.25) is 5.95 Å². The van der Waals surface area contributed by atoms with Crippen molar-refractivity contribution in [3.8, 4) is 0 Å². The Morgan fingerprint density at radius 2 is 1.60 bits per heavy atom. The molecule has 0 aliphatic rings. The minimum absolute atomic E-state index is 0.118. The Morgan fingerprint density at radius 3 is 2.28 bits per heavy atom. The molecule has 1 atom stereocenters. The molecular weight excluding hydrogens is 355 g/mol. The molecule has 0 aliphatic heterocycles. The van der Waals surface area contributed by atoms with E-state index in [2.05, 4.69) is 39.7 Å². The highest BCUT2D eigenvalue weighted by Gasteiger charge is 2.11. The minimum atomic E-state index is 0.118. The molecule has 1 unspecified atom stereocenters. The number of anilines is 3. The standard InChI is InChI=1S/C19H18Cl2N4/c1-12-11-17(23-13(2)14-7-4-3-5-8-14)24-19(22-12)25-18-15(20)9-6-10-16(18)21/h3-11,13H,1-2H3,(H2,22,23,24,25). The second-order valence-electron chi connectivity index (χ2n) is 5.72. The van der Waals surface area contributed by atoms with Crippen LogP contribution in [0.3, 0.4) is 0 Å². The van der Waals surface area contributed by atoms with Crippen LogP contribution in [0.5, 0.6) is 0 Å². The zero-order valence-corrected chi connectivity index (χ0v) is 15.4. The molecule has 6 heteroatoms. The first kappa shape index (κ1) is 17.5. The number of nitrogens with one attached hydrogen (secondary N) is 2. The minimum Gasteiger partial charge on any atom is -0.363 e. The van der Waals surface area contributed by atoms with E-state index < -0.39 is 0 Å². The third-order valence-corrected chi connectivity index (χ3v) is 4.35. The largest absolute Gasteiger partial charge is 0.363 e. The van der Waals surface area contributed by atoms with Gasteiger partial charge in [0, 0.05) is 17.8 Å². The molecule has 0 aliphatic carbocycles. The Labute approximate surface area is 157 Å². The highest BCUT2D eigenvalue weighted by atomic mass is 35.5. The van der Waals surface area contributed by atoms with E-state index >= 15 is 0 Å².